The summed E-state index contributed by atoms with van der Waals surface area (Å²) in [5, 5.41) is 0.704. The topological polar surface area (TPSA) is 53.9 Å². The number of carbonyl (C=O) groups is 1. The second kappa shape index (κ2) is 5.87. The van der Waals surface area contributed by atoms with E-state index in [2.05, 4.69) is 5.73 Å². The maximum atomic E-state index is 11.3. The van der Waals surface area contributed by atoms with Crippen molar-refractivity contribution in [2.24, 2.45) is 0 Å². The zero-order valence-electron chi connectivity index (χ0n) is 9.63. The number of esters is 1. The first kappa shape index (κ1) is 13.0. The smallest absolute Gasteiger partial charge is 0.312 e. The fourth-order valence-electron chi connectivity index (χ4n) is 1.40. The first-order valence-electron chi connectivity index (χ1n) is 5.29. The average Bonchev–Trinajstić information content (AvgIpc) is 2.22. The highest BCUT2D eigenvalue weighted by Gasteiger charge is 2.16. The molecule has 0 fully saturated rings. The normalized spacial score (nSPS) is 12.2. The first-order valence-corrected chi connectivity index (χ1v) is 5.67. The van der Waals surface area contributed by atoms with E-state index in [4.69, 9.17) is 16.3 Å². The van der Waals surface area contributed by atoms with Gasteiger partial charge in [-0.25, -0.2) is 0 Å². The zero-order valence-corrected chi connectivity index (χ0v) is 10.4. The number of rotatable bonds is 4. The number of carbonyl (C=O) groups excluding carboxylic acids is 1. The minimum absolute atomic E-state index is 0.114. The number of quaternary nitrogens is 1. The summed E-state index contributed by atoms with van der Waals surface area (Å²) < 4.78 is 4.88. The number of halogens is 1. The summed E-state index contributed by atoms with van der Waals surface area (Å²) in [4.78, 5) is 11.3. The monoisotopic (exact) mass is 242 g/mol. The molecule has 0 saturated heterocycles. The lowest BCUT2D eigenvalue weighted by Crippen LogP contribution is -2.54. The van der Waals surface area contributed by atoms with Crippen LogP contribution in [0, 0.1) is 6.92 Å². The predicted molar refractivity (Wildman–Crippen MR) is 63.1 cm³/mol. The molecule has 0 spiro atoms. The number of aryl methyl sites for hydroxylation is 1. The molecule has 88 valence electrons. The van der Waals surface area contributed by atoms with Gasteiger partial charge in [0.2, 0.25) is 0 Å². The van der Waals surface area contributed by atoms with E-state index in [1.165, 1.54) is 0 Å². The lowest BCUT2D eigenvalue weighted by molar-refractivity contribution is -0.425. The molecule has 0 saturated carbocycles. The van der Waals surface area contributed by atoms with Gasteiger partial charge in [0.25, 0.3) is 0 Å². The Kier molecular flexibility index (Phi) is 4.77. The van der Waals surface area contributed by atoms with Crippen molar-refractivity contribution < 1.29 is 15.3 Å². The zero-order chi connectivity index (χ0) is 12.1. The van der Waals surface area contributed by atoms with Crippen molar-refractivity contribution in [1.29, 1.82) is 0 Å². The van der Waals surface area contributed by atoms with Crippen LogP contribution in [0.25, 0.3) is 0 Å². The molecule has 0 aliphatic rings. The third kappa shape index (κ3) is 3.51. The number of hydrogen-bond donors (Lipinski definition) is 1. The van der Waals surface area contributed by atoms with Crippen LogP contribution in [0.15, 0.2) is 18.2 Å². The molecular weight excluding hydrogens is 226 g/mol. The van der Waals surface area contributed by atoms with E-state index in [-0.39, 0.29) is 18.4 Å². The number of ether oxygens (including phenoxy) is 1. The summed E-state index contributed by atoms with van der Waals surface area (Å²) in [7, 11) is 0. The highest BCUT2D eigenvalue weighted by molar-refractivity contribution is 6.31. The van der Waals surface area contributed by atoms with Gasteiger partial charge in [-0.3, -0.25) is 4.79 Å². The summed E-state index contributed by atoms with van der Waals surface area (Å²) in [6.07, 6.45) is 0.285. The molecule has 0 aliphatic carbocycles. The van der Waals surface area contributed by atoms with Crippen LogP contribution in [0.5, 0.6) is 0 Å². The summed E-state index contributed by atoms with van der Waals surface area (Å²) in [5.41, 5.74) is 5.93. The molecule has 0 aliphatic heterocycles. The van der Waals surface area contributed by atoms with E-state index in [1.807, 2.05) is 25.1 Å². The Balaban J connectivity index is 2.69. The van der Waals surface area contributed by atoms with Crippen LogP contribution in [0.2, 0.25) is 5.02 Å². The van der Waals surface area contributed by atoms with Crippen LogP contribution >= 0.6 is 11.6 Å². The van der Waals surface area contributed by atoms with Gasteiger partial charge in [-0.05, 0) is 25.5 Å². The van der Waals surface area contributed by atoms with Crippen molar-refractivity contribution in [3.05, 3.63) is 34.3 Å². The van der Waals surface area contributed by atoms with Crippen LogP contribution < -0.4 is 5.73 Å². The molecule has 0 aromatic heterocycles. The van der Waals surface area contributed by atoms with E-state index >= 15 is 0 Å². The van der Waals surface area contributed by atoms with Gasteiger partial charge in [0.1, 0.15) is 12.5 Å². The summed E-state index contributed by atoms with van der Waals surface area (Å²) in [6.45, 7) is 4.13. The van der Waals surface area contributed by atoms with Crippen LogP contribution in [-0.4, -0.2) is 12.6 Å². The Bertz CT molecular complexity index is 379. The Morgan fingerprint density at radius 1 is 1.56 bits per heavy atom. The standard InChI is InChI=1S/C12H16ClNO2/c1-3-16-12(15)7-11(14)9-5-4-8(2)10(13)6-9/h4-6,11H,3,7,14H2,1-2H3/p+1/t11-/m1/s1. The molecule has 0 heterocycles. The summed E-state index contributed by atoms with van der Waals surface area (Å²) >= 11 is 6.01. The third-order valence-corrected chi connectivity index (χ3v) is 2.79. The van der Waals surface area contributed by atoms with Gasteiger partial charge in [0.05, 0.1) is 6.61 Å². The maximum absolute atomic E-state index is 11.3. The fourth-order valence-corrected chi connectivity index (χ4v) is 1.59. The Hall–Kier alpha value is -1.06. The average molecular weight is 243 g/mol. The molecular formula is C12H17ClNO2+. The third-order valence-electron chi connectivity index (χ3n) is 2.39. The Morgan fingerprint density at radius 3 is 2.81 bits per heavy atom. The van der Waals surface area contributed by atoms with E-state index < -0.39 is 0 Å². The van der Waals surface area contributed by atoms with E-state index in [0.29, 0.717) is 11.6 Å². The molecule has 0 amide bonds. The molecule has 4 heteroatoms. The van der Waals surface area contributed by atoms with E-state index in [0.717, 1.165) is 11.1 Å². The minimum Gasteiger partial charge on any atom is -0.466 e. The quantitative estimate of drug-likeness (QED) is 0.820. The number of hydrogen-bond acceptors (Lipinski definition) is 2. The van der Waals surface area contributed by atoms with Gasteiger partial charge in [-0.15, -0.1) is 0 Å². The first-order chi connectivity index (χ1) is 7.54. The molecule has 0 unspecified atom stereocenters. The molecule has 3 N–H and O–H groups in total. The largest absolute Gasteiger partial charge is 0.466 e. The fraction of sp³-hybridized carbons (Fsp3) is 0.417. The molecule has 1 aromatic carbocycles. The van der Waals surface area contributed by atoms with Gasteiger partial charge >= 0.3 is 5.97 Å². The highest BCUT2D eigenvalue weighted by Crippen LogP contribution is 2.21. The molecule has 0 radical (unpaired) electrons. The minimum atomic E-state index is -0.223. The molecule has 3 nitrogen and oxygen atoms in total. The second-order valence-electron chi connectivity index (χ2n) is 3.71. The highest BCUT2D eigenvalue weighted by atomic mass is 35.5. The molecule has 0 bridgehead atoms. The van der Waals surface area contributed by atoms with Gasteiger partial charge in [-0.1, -0.05) is 23.7 Å². The van der Waals surface area contributed by atoms with Crippen molar-refractivity contribution in [3.63, 3.8) is 0 Å². The van der Waals surface area contributed by atoms with Crippen molar-refractivity contribution in [1.82, 2.24) is 0 Å². The Labute approximate surface area is 101 Å². The molecule has 1 aromatic rings. The van der Waals surface area contributed by atoms with Crippen LogP contribution in [0.1, 0.15) is 30.5 Å². The van der Waals surface area contributed by atoms with Gasteiger partial charge in [-0.2, -0.15) is 0 Å². The van der Waals surface area contributed by atoms with Crippen molar-refractivity contribution in [2.45, 2.75) is 26.3 Å². The van der Waals surface area contributed by atoms with Crippen molar-refractivity contribution in [2.75, 3.05) is 6.61 Å². The Morgan fingerprint density at radius 2 is 2.25 bits per heavy atom. The van der Waals surface area contributed by atoms with Crippen LogP contribution in [0.4, 0.5) is 0 Å². The molecule has 16 heavy (non-hydrogen) atoms. The predicted octanol–water partition coefficient (Wildman–Crippen LogP) is 1.88. The van der Waals surface area contributed by atoms with E-state index in [9.17, 15) is 4.79 Å². The van der Waals surface area contributed by atoms with Crippen molar-refractivity contribution in [3.8, 4) is 0 Å². The lowest BCUT2D eigenvalue weighted by atomic mass is 10.0. The van der Waals surface area contributed by atoms with E-state index in [1.54, 1.807) is 6.92 Å². The number of benzene rings is 1. The van der Waals surface area contributed by atoms with Gasteiger partial charge < -0.3 is 10.5 Å². The molecule has 1 rings (SSSR count). The van der Waals surface area contributed by atoms with Gasteiger partial charge in [0, 0.05) is 10.6 Å². The summed E-state index contributed by atoms with van der Waals surface area (Å²) in [5.74, 6) is -0.223. The maximum Gasteiger partial charge on any atom is 0.312 e. The van der Waals surface area contributed by atoms with Crippen molar-refractivity contribution >= 4 is 17.6 Å². The SMILES string of the molecule is CCOC(=O)C[C@@H]([NH3+])c1ccc(C)c(Cl)c1. The summed E-state index contributed by atoms with van der Waals surface area (Å²) in [6, 6.07) is 5.62. The van der Waals surface area contributed by atoms with Crippen LogP contribution in [-0.2, 0) is 9.53 Å². The lowest BCUT2D eigenvalue weighted by Gasteiger charge is -2.09. The molecule has 1 atom stereocenters. The second-order valence-corrected chi connectivity index (χ2v) is 4.12. The van der Waals surface area contributed by atoms with Crippen LogP contribution in [0.3, 0.4) is 0 Å². The van der Waals surface area contributed by atoms with Gasteiger partial charge in [0.15, 0.2) is 0 Å².